The highest BCUT2D eigenvalue weighted by molar-refractivity contribution is 5.95. The van der Waals surface area contributed by atoms with Gasteiger partial charge >= 0.3 is 0 Å². The van der Waals surface area contributed by atoms with E-state index in [1.165, 1.54) is 42.4 Å². The van der Waals surface area contributed by atoms with Crippen molar-refractivity contribution in [2.75, 3.05) is 0 Å². The molecule has 0 amide bonds. The normalized spacial score (nSPS) is 34.8. The molecule has 5 atom stereocenters. The monoisotopic (exact) mass is 431 g/mol. The predicted molar refractivity (Wildman–Crippen MR) is 125 cm³/mol. The van der Waals surface area contributed by atoms with Gasteiger partial charge < -0.3 is 9.47 Å². The smallest absolute Gasteiger partial charge is 0.218 e. The third-order valence-corrected chi connectivity index (χ3v) is 7.74. The second kappa shape index (κ2) is 7.68. The van der Waals surface area contributed by atoms with Gasteiger partial charge in [-0.2, -0.15) is 0 Å². The van der Waals surface area contributed by atoms with E-state index >= 15 is 0 Å². The van der Waals surface area contributed by atoms with Crippen LogP contribution in [0.1, 0.15) is 61.3 Å². The molecule has 0 spiro atoms. The fraction of sp³-hybridized carbons (Fsp3) is 0.519. The molecule has 3 heterocycles. The molecule has 6 rings (SSSR count). The van der Waals surface area contributed by atoms with Gasteiger partial charge in [0.25, 0.3) is 0 Å². The molecule has 1 N–H and O–H groups in total. The fourth-order valence-corrected chi connectivity index (χ4v) is 5.98. The molecule has 4 aliphatic rings. The fourth-order valence-electron chi connectivity index (χ4n) is 5.98. The molecular weight excluding hydrogens is 398 g/mol. The van der Waals surface area contributed by atoms with Gasteiger partial charge in [-0.25, -0.2) is 9.89 Å². The van der Waals surface area contributed by atoms with E-state index in [0.29, 0.717) is 6.04 Å². The first-order valence-corrected chi connectivity index (χ1v) is 12.1. The van der Waals surface area contributed by atoms with Gasteiger partial charge in [-0.05, 0) is 57.7 Å². The molecular formula is C27H33N3O2. The summed E-state index contributed by atoms with van der Waals surface area (Å²) in [6.07, 6.45) is 5.86. The van der Waals surface area contributed by atoms with Crippen molar-refractivity contribution in [3.63, 3.8) is 0 Å². The van der Waals surface area contributed by atoms with Crippen molar-refractivity contribution in [3.8, 4) is 0 Å². The Morgan fingerprint density at radius 3 is 2.28 bits per heavy atom. The Morgan fingerprint density at radius 1 is 0.938 bits per heavy atom. The van der Waals surface area contributed by atoms with E-state index in [9.17, 15) is 0 Å². The first-order valence-electron chi connectivity index (χ1n) is 12.1. The molecule has 5 nitrogen and oxygen atoms in total. The van der Waals surface area contributed by atoms with Gasteiger partial charge in [0.15, 0.2) is 6.23 Å². The molecule has 3 fully saturated rings. The Labute approximate surface area is 190 Å². The molecule has 2 aromatic rings. The Bertz CT molecular complexity index is 1010. The standard InChI is InChI=1S/C27H33N3O2/c1-17-8-12-19(13-9-17)24-28-22-16-23-26(30(25(22)31-24)21-6-4-5-7-21)32-27(3,29-23)20-14-10-18(2)11-15-20/h8-15,21-23,25-26,29H,4-7,16H2,1-3H3. The largest absolute Gasteiger partial charge is 0.456 e. The van der Waals surface area contributed by atoms with E-state index in [0.717, 1.165) is 17.9 Å². The maximum Gasteiger partial charge on any atom is 0.218 e. The number of ether oxygens (including phenoxy) is 2. The summed E-state index contributed by atoms with van der Waals surface area (Å²) in [6.45, 7) is 6.40. The SMILES string of the molecule is Cc1ccc(C2=NC3CC4NC(C)(c5ccc(C)cc5)OC4N(C4CCCC4)C3O2)cc1. The Kier molecular flexibility index (Phi) is 4.90. The lowest BCUT2D eigenvalue weighted by Gasteiger charge is -2.45. The maximum atomic E-state index is 6.85. The molecule has 168 valence electrons. The number of nitrogens with one attached hydrogen (secondary N) is 1. The van der Waals surface area contributed by atoms with Crippen molar-refractivity contribution in [1.82, 2.24) is 10.2 Å². The molecule has 2 saturated heterocycles. The summed E-state index contributed by atoms with van der Waals surface area (Å²) < 4.78 is 13.4. The van der Waals surface area contributed by atoms with Gasteiger partial charge in [0.05, 0.1) is 6.04 Å². The van der Waals surface area contributed by atoms with Gasteiger partial charge in [0.1, 0.15) is 18.0 Å². The lowest BCUT2D eigenvalue weighted by atomic mass is 9.95. The van der Waals surface area contributed by atoms with Crippen molar-refractivity contribution in [1.29, 1.82) is 0 Å². The molecule has 1 aliphatic carbocycles. The Balaban J connectivity index is 1.32. The van der Waals surface area contributed by atoms with Crippen LogP contribution in [-0.4, -0.2) is 41.4 Å². The van der Waals surface area contributed by atoms with Crippen molar-refractivity contribution in [2.45, 2.75) is 89.2 Å². The van der Waals surface area contributed by atoms with Crippen molar-refractivity contribution < 1.29 is 9.47 Å². The summed E-state index contributed by atoms with van der Waals surface area (Å²) in [5.74, 6) is 0.782. The lowest BCUT2D eigenvalue weighted by molar-refractivity contribution is -0.182. The number of hydrogen-bond donors (Lipinski definition) is 1. The topological polar surface area (TPSA) is 46.1 Å². The van der Waals surface area contributed by atoms with Gasteiger partial charge in [-0.15, -0.1) is 0 Å². The summed E-state index contributed by atoms with van der Waals surface area (Å²) in [6, 6.07) is 18.0. The predicted octanol–water partition coefficient (Wildman–Crippen LogP) is 4.61. The minimum atomic E-state index is -0.498. The van der Waals surface area contributed by atoms with E-state index in [1.807, 2.05) is 0 Å². The summed E-state index contributed by atoms with van der Waals surface area (Å²) >= 11 is 0. The summed E-state index contributed by atoms with van der Waals surface area (Å²) in [7, 11) is 0. The van der Waals surface area contributed by atoms with E-state index in [2.05, 4.69) is 79.5 Å². The van der Waals surface area contributed by atoms with Crippen LogP contribution in [0, 0.1) is 13.8 Å². The van der Waals surface area contributed by atoms with Crippen molar-refractivity contribution >= 4 is 5.90 Å². The lowest BCUT2D eigenvalue weighted by Crippen LogP contribution is -2.61. The molecule has 0 radical (unpaired) electrons. The second-order valence-corrected chi connectivity index (χ2v) is 10.2. The highest BCUT2D eigenvalue weighted by atomic mass is 16.6. The average Bonchev–Trinajstić information content (AvgIpc) is 3.51. The van der Waals surface area contributed by atoms with Crippen molar-refractivity contribution in [2.24, 2.45) is 4.99 Å². The molecule has 5 unspecified atom stereocenters. The number of aliphatic imine (C=N–C) groups is 1. The van der Waals surface area contributed by atoms with Gasteiger partial charge in [0.2, 0.25) is 5.90 Å². The zero-order valence-electron chi connectivity index (χ0n) is 19.3. The highest BCUT2D eigenvalue weighted by Gasteiger charge is 2.57. The number of likely N-dealkylation sites (tertiary alicyclic amines) is 1. The molecule has 3 aliphatic heterocycles. The number of rotatable bonds is 3. The molecule has 0 aromatic heterocycles. The van der Waals surface area contributed by atoms with Crippen LogP contribution in [0.25, 0.3) is 0 Å². The van der Waals surface area contributed by atoms with Crippen LogP contribution in [0.4, 0.5) is 0 Å². The third kappa shape index (κ3) is 3.38. The number of piperidine rings is 1. The molecule has 1 saturated carbocycles. The number of hydrogen-bond acceptors (Lipinski definition) is 5. The maximum absolute atomic E-state index is 6.85. The van der Waals surface area contributed by atoms with Crippen LogP contribution < -0.4 is 5.32 Å². The first kappa shape index (κ1) is 20.4. The summed E-state index contributed by atoms with van der Waals surface area (Å²) in [5.41, 5.74) is 4.27. The summed E-state index contributed by atoms with van der Waals surface area (Å²) in [5, 5.41) is 3.84. The van der Waals surface area contributed by atoms with E-state index in [1.54, 1.807) is 0 Å². The van der Waals surface area contributed by atoms with Gasteiger partial charge in [-0.1, -0.05) is 60.4 Å². The zero-order chi connectivity index (χ0) is 21.9. The number of benzene rings is 2. The molecule has 5 heteroatoms. The van der Waals surface area contributed by atoms with Crippen LogP contribution in [-0.2, 0) is 15.2 Å². The van der Waals surface area contributed by atoms with E-state index in [4.69, 9.17) is 14.5 Å². The number of fused-ring (bicyclic) bond motifs is 2. The second-order valence-electron chi connectivity index (χ2n) is 10.2. The average molecular weight is 432 g/mol. The number of nitrogens with zero attached hydrogens (tertiary/aromatic N) is 2. The van der Waals surface area contributed by atoms with E-state index in [-0.39, 0.29) is 24.5 Å². The first-order chi connectivity index (χ1) is 15.5. The highest BCUT2D eigenvalue weighted by Crippen LogP contribution is 2.44. The van der Waals surface area contributed by atoms with Crippen LogP contribution in [0.3, 0.4) is 0 Å². The Hall–Kier alpha value is -2.21. The molecule has 32 heavy (non-hydrogen) atoms. The minimum absolute atomic E-state index is 0.00165. The quantitative estimate of drug-likeness (QED) is 0.771. The van der Waals surface area contributed by atoms with Gasteiger partial charge in [-0.3, -0.25) is 5.32 Å². The van der Waals surface area contributed by atoms with E-state index < -0.39 is 5.72 Å². The Morgan fingerprint density at radius 2 is 1.59 bits per heavy atom. The van der Waals surface area contributed by atoms with Gasteiger partial charge in [0, 0.05) is 11.6 Å². The summed E-state index contributed by atoms with van der Waals surface area (Å²) in [4.78, 5) is 7.61. The zero-order valence-corrected chi connectivity index (χ0v) is 19.3. The van der Waals surface area contributed by atoms with Crippen LogP contribution in [0.5, 0.6) is 0 Å². The van der Waals surface area contributed by atoms with Crippen molar-refractivity contribution in [3.05, 3.63) is 70.8 Å². The minimum Gasteiger partial charge on any atom is -0.456 e. The van der Waals surface area contributed by atoms with Crippen LogP contribution in [0.2, 0.25) is 0 Å². The molecule has 0 bridgehead atoms. The number of aryl methyl sites for hydroxylation is 2. The molecule has 2 aromatic carbocycles. The van der Waals surface area contributed by atoms with Crippen LogP contribution >= 0.6 is 0 Å². The van der Waals surface area contributed by atoms with Crippen LogP contribution in [0.15, 0.2) is 53.5 Å². The third-order valence-electron chi connectivity index (χ3n) is 7.74.